The third-order valence-electron chi connectivity index (χ3n) is 5.37. The molecule has 0 heterocycles. The van der Waals surface area contributed by atoms with Crippen LogP contribution in [0.4, 0.5) is 0 Å². The molecule has 0 spiro atoms. The van der Waals surface area contributed by atoms with E-state index in [4.69, 9.17) is 16.4 Å². The van der Waals surface area contributed by atoms with Crippen molar-refractivity contribution in [1.29, 1.82) is 0 Å². The highest BCUT2D eigenvalue weighted by atomic mass is 35.5. The minimum absolute atomic E-state index is 0.504. The Labute approximate surface area is 170 Å². The zero-order valence-corrected chi connectivity index (χ0v) is 18.0. The largest absolute Gasteiger partial charge is 0.394 e. The van der Waals surface area contributed by atoms with Gasteiger partial charge in [0.15, 0.2) is 0 Å². The summed E-state index contributed by atoms with van der Waals surface area (Å²) in [5.74, 6) is 0.504. The van der Waals surface area contributed by atoms with E-state index in [2.05, 4.69) is 49.0 Å². The fraction of sp³-hybridized carbons (Fsp3) is 0.609. The average Bonchev–Trinajstić information content (AvgIpc) is 2.86. The van der Waals surface area contributed by atoms with Crippen molar-refractivity contribution in [2.24, 2.45) is 11.1 Å². The smallest absolute Gasteiger partial charge is 0.129 e. The normalized spacial score (nSPS) is 21.0. The van der Waals surface area contributed by atoms with Crippen LogP contribution in [0, 0.1) is 5.92 Å². The van der Waals surface area contributed by atoms with Gasteiger partial charge in [0.05, 0.1) is 5.71 Å². The molecular weight excluding hydrogens is 356 g/mol. The van der Waals surface area contributed by atoms with Gasteiger partial charge < -0.3 is 9.74 Å². The van der Waals surface area contributed by atoms with E-state index in [0.29, 0.717) is 12.5 Å². The standard InChI is InChI=1S/C23H35ClN2O/c1-4-9-20-10-7-8-11-21(18-19-12-14-22(24)15-13-19)23(20)25-27-17-16-26(5-2)6-3/h12-15,18,20H,4-11,16-17H2,1-3H3/b21-18+,25-23+/t20-/m1/s1. The van der Waals surface area contributed by atoms with Crippen LogP contribution in [0.3, 0.4) is 0 Å². The molecule has 150 valence electrons. The Balaban J connectivity index is 2.19. The number of hydrogen-bond donors (Lipinski definition) is 0. The van der Waals surface area contributed by atoms with Gasteiger partial charge in [-0.2, -0.15) is 0 Å². The van der Waals surface area contributed by atoms with Crippen molar-refractivity contribution in [1.82, 2.24) is 4.90 Å². The Morgan fingerprint density at radius 3 is 2.56 bits per heavy atom. The third-order valence-corrected chi connectivity index (χ3v) is 5.62. The molecule has 1 saturated carbocycles. The van der Waals surface area contributed by atoms with E-state index in [0.717, 1.165) is 31.1 Å². The first-order chi connectivity index (χ1) is 13.2. The lowest BCUT2D eigenvalue weighted by Crippen LogP contribution is -2.26. The van der Waals surface area contributed by atoms with Crippen molar-refractivity contribution in [2.75, 3.05) is 26.2 Å². The summed E-state index contributed by atoms with van der Waals surface area (Å²) in [4.78, 5) is 8.17. The van der Waals surface area contributed by atoms with Gasteiger partial charge in [-0.05, 0) is 68.1 Å². The van der Waals surface area contributed by atoms with Crippen LogP contribution in [-0.4, -0.2) is 36.9 Å². The molecule has 1 atom stereocenters. The maximum Gasteiger partial charge on any atom is 0.129 e. The Morgan fingerprint density at radius 2 is 1.89 bits per heavy atom. The van der Waals surface area contributed by atoms with Gasteiger partial charge in [0, 0.05) is 17.5 Å². The maximum atomic E-state index is 6.04. The topological polar surface area (TPSA) is 24.8 Å². The molecule has 0 bridgehead atoms. The molecule has 0 aliphatic heterocycles. The molecule has 2 rings (SSSR count). The number of likely N-dealkylation sites (N-methyl/N-ethyl adjacent to an activating group) is 1. The van der Waals surface area contributed by atoms with Crippen LogP contribution in [-0.2, 0) is 4.84 Å². The fourth-order valence-corrected chi connectivity index (χ4v) is 3.85. The molecule has 0 unspecified atom stereocenters. The molecule has 1 aromatic rings. The Morgan fingerprint density at radius 1 is 1.15 bits per heavy atom. The zero-order chi connectivity index (χ0) is 19.5. The van der Waals surface area contributed by atoms with Gasteiger partial charge in [0.2, 0.25) is 0 Å². The van der Waals surface area contributed by atoms with Gasteiger partial charge in [-0.15, -0.1) is 0 Å². The molecule has 0 N–H and O–H groups in total. The SMILES string of the molecule is CCC[C@@H]1CCCCC(=C\c2ccc(Cl)cc2)/C1=N/OCCN(CC)CC. The van der Waals surface area contributed by atoms with Gasteiger partial charge in [-0.1, -0.05) is 62.5 Å². The summed E-state index contributed by atoms with van der Waals surface area (Å²) >= 11 is 6.04. The van der Waals surface area contributed by atoms with E-state index in [1.807, 2.05) is 12.1 Å². The summed E-state index contributed by atoms with van der Waals surface area (Å²) in [5, 5.41) is 5.45. The van der Waals surface area contributed by atoms with Crippen LogP contribution >= 0.6 is 11.6 Å². The summed E-state index contributed by atoms with van der Waals surface area (Å²) in [6.07, 6.45) is 9.40. The lowest BCUT2D eigenvalue weighted by atomic mass is 9.90. The molecule has 1 fully saturated rings. The molecule has 0 radical (unpaired) electrons. The van der Waals surface area contributed by atoms with Crippen LogP contribution in [0.2, 0.25) is 5.02 Å². The van der Waals surface area contributed by atoms with Crippen LogP contribution < -0.4 is 0 Å². The highest BCUT2D eigenvalue weighted by molar-refractivity contribution is 6.30. The van der Waals surface area contributed by atoms with Crippen LogP contribution in [0.1, 0.15) is 64.9 Å². The third kappa shape index (κ3) is 7.31. The molecule has 0 aromatic heterocycles. The molecule has 3 nitrogen and oxygen atoms in total. The summed E-state index contributed by atoms with van der Waals surface area (Å²) in [5.41, 5.74) is 3.68. The second-order valence-electron chi connectivity index (χ2n) is 7.29. The number of oxime groups is 1. The predicted octanol–water partition coefficient (Wildman–Crippen LogP) is 6.43. The molecule has 1 aromatic carbocycles. The van der Waals surface area contributed by atoms with Crippen LogP contribution in [0.25, 0.3) is 6.08 Å². The second-order valence-corrected chi connectivity index (χ2v) is 7.73. The fourth-order valence-electron chi connectivity index (χ4n) is 3.73. The number of rotatable bonds is 9. The van der Waals surface area contributed by atoms with Crippen molar-refractivity contribution in [3.8, 4) is 0 Å². The van der Waals surface area contributed by atoms with Crippen LogP contribution in [0.15, 0.2) is 35.0 Å². The van der Waals surface area contributed by atoms with Gasteiger partial charge in [-0.3, -0.25) is 0 Å². The molecule has 0 saturated heterocycles. The van der Waals surface area contributed by atoms with E-state index in [1.165, 1.54) is 49.0 Å². The molecule has 0 amide bonds. The average molecular weight is 391 g/mol. The molecule has 1 aliphatic carbocycles. The first kappa shape index (κ1) is 22.0. The highest BCUT2D eigenvalue weighted by Crippen LogP contribution is 2.30. The predicted molar refractivity (Wildman–Crippen MR) is 117 cm³/mol. The number of halogens is 1. The van der Waals surface area contributed by atoms with Crippen molar-refractivity contribution in [3.05, 3.63) is 40.4 Å². The molecule has 4 heteroatoms. The van der Waals surface area contributed by atoms with Crippen molar-refractivity contribution < 1.29 is 4.84 Å². The van der Waals surface area contributed by atoms with Gasteiger partial charge in [-0.25, -0.2) is 0 Å². The summed E-state index contributed by atoms with van der Waals surface area (Å²) < 4.78 is 0. The van der Waals surface area contributed by atoms with E-state index >= 15 is 0 Å². The van der Waals surface area contributed by atoms with E-state index < -0.39 is 0 Å². The van der Waals surface area contributed by atoms with E-state index in [-0.39, 0.29) is 0 Å². The van der Waals surface area contributed by atoms with Crippen molar-refractivity contribution in [3.63, 3.8) is 0 Å². The van der Waals surface area contributed by atoms with Gasteiger partial charge >= 0.3 is 0 Å². The lowest BCUT2D eigenvalue weighted by Gasteiger charge is -2.19. The Bertz CT molecular complexity index is 605. The van der Waals surface area contributed by atoms with Gasteiger partial charge in [0.1, 0.15) is 6.61 Å². The monoisotopic (exact) mass is 390 g/mol. The first-order valence-electron chi connectivity index (χ1n) is 10.6. The Hall–Kier alpha value is -1.32. The minimum atomic E-state index is 0.504. The molecule has 1 aliphatic rings. The van der Waals surface area contributed by atoms with Crippen molar-refractivity contribution >= 4 is 23.4 Å². The zero-order valence-electron chi connectivity index (χ0n) is 17.2. The first-order valence-corrected chi connectivity index (χ1v) is 10.9. The summed E-state index contributed by atoms with van der Waals surface area (Å²) in [6, 6.07) is 8.05. The number of hydrogen-bond acceptors (Lipinski definition) is 3. The van der Waals surface area contributed by atoms with Crippen LogP contribution in [0.5, 0.6) is 0 Å². The van der Waals surface area contributed by atoms with Gasteiger partial charge in [0.25, 0.3) is 0 Å². The van der Waals surface area contributed by atoms with Crippen molar-refractivity contribution in [2.45, 2.75) is 59.3 Å². The summed E-state index contributed by atoms with van der Waals surface area (Å²) in [7, 11) is 0. The van der Waals surface area contributed by atoms with E-state index in [9.17, 15) is 0 Å². The lowest BCUT2D eigenvalue weighted by molar-refractivity contribution is 0.113. The number of allylic oxidation sites excluding steroid dienone is 1. The quantitative estimate of drug-likeness (QED) is 0.276. The number of benzene rings is 1. The van der Waals surface area contributed by atoms with E-state index in [1.54, 1.807) is 0 Å². The molecule has 27 heavy (non-hydrogen) atoms. The summed E-state index contributed by atoms with van der Waals surface area (Å²) in [6.45, 7) is 10.3. The molecular formula is C23H35ClN2O. The Kier molecular flexibility index (Phi) is 9.93. The highest BCUT2D eigenvalue weighted by Gasteiger charge is 2.23. The second kappa shape index (κ2) is 12.2. The maximum absolute atomic E-state index is 6.04. The number of nitrogens with zero attached hydrogens (tertiary/aromatic N) is 2. The minimum Gasteiger partial charge on any atom is -0.394 e.